The molecule has 0 saturated carbocycles. The molecule has 0 unspecified atom stereocenters. The summed E-state index contributed by atoms with van der Waals surface area (Å²) in [4.78, 5) is 16.4. The number of hydrogen-bond acceptors (Lipinski definition) is 6. The summed E-state index contributed by atoms with van der Waals surface area (Å²) in [5.74, 6) is 1.70. The molecule has 1 fully saturated rings. The van der Waals surface area contributed by atoms with Gasteiger partial charge in [-0.1, -0.05) is 36.4 Å². The molecule has 0 bridgehead atoms. The highest BCUT2D eigenvalue weighted by Crippen LogP contribution is 2.32. The molecule has 29 heavy (non-hydrogen) atoms. The zero-order valence-corrected chi connectivity index (χ0v) is 16.1. The summed E-state index contributed by atoms with van der Waals surface area (Å²) in [7, 11) is 0. The maximum Gasteiger partial charge on any atom is 0.133 e. The number of rotatable bonds is 5. The number of allylic oxidation sites excluding steroid dienone is 1. The van der Waals surface area contributed by atoms with E-state index in [4.69, 9.17) is 14.5 Å². The van der Waals surface area contributed by atoms with Gasteiger partial charge in [-0.25, -0.2) is 4.98 Å². The number of aromatic nitrogens is 2. The lowest BCUT2D eigenvalue weighted by Crippen LogP contribution is -2.36. The molecule has 3 aromatic rings. The average molecular weight is 386 g/mol. The van der Waals surface area contributed by atoms with E-state index in [0.717, 1.165) is 52.5 Å². The Morgan fingerprint density at radius 3 is 2.72 bits per heavy atom. The second kappa shape index (κ2) is 8.01. The van der Waals surface area contributed by atoms with Crippen LogP contribution in [0.5, 0.6) is 5.75 Å². The Hall–Kier alpha value is -3.25. The van der Waals surface area contributed by atoms with Crippen molar-refractivity contribution in [2.45, 2.75) is 6.61 Å². The molecule has 1 aromatic carbocycles. The fourth-order valence-corrected chi connectivity index (χ4v) is 3.63. The van der Waals surface area contributed by atoms with Crippen molar-refractivity contribution in [3.8, 4) is 5.75 Å². The van der Waals surface area contributed by atoms with Crippen LogP contribution < -0.4 is 9.64 Å². The average Bonchev–Trinajstić information content (AvgIpc) is 3.33. The molecule has 0 N–H and O–H groups in total. The number of anilines is 1. The van der Waals surface area contributed by atoms with Crippen molar-refractivity contribution < 1.29 is 9.47 Å². The molecule has 6 nitrogen and oxygen atoms in total. The molecule has 6 heteroatoms. The molecular weight excluding hydrogens is 364 g/mol. The maximum absolute atomic E-state index is 6.27. The molecule has 2 aliphatic rings. The molecule has 146 valence electrons. The van der Waals surface area contributed by atoms with Crippen LogP contribution in [0.25, 0.3) is 10.9 Å². The van der Waals surface area contributed by atoms with Crippen molar-refractivity contribution in [1.29, 1.82) is 0 Å². The van der Waals surface area contributed by atoms with Gasteiger partial charge in [-0.2, -0.15) is 0 Å². The molecule has 0 aliphatic carbocycles. The predicted molar refractivity (Wildman–Crippen MR) is 114 cm³/mol. The maximum atomic E-state index is 6.27. The molecular formula is C23H22N4O2. The molecule has 0 radical (unpaired) electrons. The van der Waals surface area contributed by atoms with Crippen molar-refractivity contribution in [3.63, 3.8) is 0 Å². The summed E-state index contributed by atoms with van der Waals surface area (Å²) < 4.78 is 11.8. The lowest BCUT2D eigenvalue weighted by atomic mass is 10.1. The second-order valence-corrected chi connectivity index (χ2v) is 7.04. The minimum atomic E-state index is 0.501. The van der Waals surface area contributed by atoms with E-state index < -0.39 is 0 Å². The van der Waals surface area contributed by atoms with Crippen molar-refractivity contribution in [3.05, 3.63) is 72.1 Å². The van der Waals surface area contributed by atoms with Gasteiger partial charge in [0.1, 0.15) is 29.4 Å². The van der Waals surface area contributed by atoms with Gasteiger partial charge in [0.15, 0.2) is 0 Å². The fraction of sp³-hybridized carbons (Fsp3) is 0.261. The van der Waals surface area contributed by atoms with Crippen LogP contribution in [0.2, 0.25) is 0 Å². The molecule has 0 atom stereocenters. The molecule has 4 heterocycles. The highest BCUT2D eigenvalue weighted by Gasteiger charge is 2.19. The number of pyridine rings is 2. The van der Waals surface area contributed by atoms with Crippen LogP contribution in [0.1, 0.15) is 11.3 Å². The van der Waals surface area contributed by atoms with Gasteiger partial charge in [0, 0.05) is 30.7 Å². The molecule has 2 aliphatic heterocycles. The highest BCUT2D eigenvalue weighted by atomic mass is 16.5. The molecule has 0 amide bonds. The van der Waals surface area contributed by atoms with Gasteiger partial charge >= 0.3 is 0 Å². The molecule has 1 saturated heterocycles. The normalized spacial score (nSPS) is 16.3. The first-order chi connectivity index (χ1) is 14.4. The third-order valence-electron chi connectivity index (χ3n) is 5.13. The number of hydrogen-bond donors (Lipinski definition) is 0. The van der Waals surface area contributed by atoms with Gasteiger partial charge < -0.3 is 14.4 Å². The van der Waals surface area contributed by atoms with Crippen LogP contribution in [0, 0.1) is 0 Å². The Morgan fingerprint density at radius 2 is 1.93 bits per heavy atom. The minimum absolute atomic E-state index is 0.501. The molecule has 5 rings (SSSR count). The number of nitrogens with zero attached hydrogens (tertiary/aromatic N) is 4. The van der Waals surface area contributed by atoms with Gasteiger partial charge in [0.2, 0.25) is 0 Å². The fourth-order valence-electron chi connectivity index (χ4n) is 3.63. The van der Waals surface area contributed by atoms with E-state index in [-0.39, 0.29) is 0 Å². The van der Waals surface area contributed by atoms with Crippen LogP contribution in [-0.2, 0) is 11.3 Å². The van der Waals surface area contributed by atoms with E-state index in [1.807, 2.05) is 42.5 Å². The van der Waals surface area contributed by atoms with Crippen LogP contribution in [0.15, 0.2) is 65.8 Å². The Kier molecular flexibility index (Phi) is 4.92. The Bertz CT molecular complexity index is 1070. The number of benzene rings is 1. The Morgan fingerprint density at radius 1 is 1.07 bits per heavy atom. The predicted octanol–water partition coefficient (Wildman–Crippen LogP) is 3.40. The first-order valence-electron chi connectivity index (χ1n) is 9.89. The second-order valence-electron chi connectivity index (χ2n) is 7.04. The Labute approximate surface area is 169 Å². The topological polar surface area (TPSA) is 59.8 Å². The standard InChI is InChI=1S/C23H22N4O2/c1-2-5-17(6-3-1)16-29-20-15-21(27-11-13-28-14-12-27)26-22-18(20)8-10-25-23(22)19-7-4-9-24-19/h1-8,10,15H,9,11-14,16H2. The van der Waals surface area contributed by atoms with Crippen molar-refractivity contribution in [2.24, 2.45) is 4.99 Å². The SMILES string of the molecule is C1=CC(c2nccc3c(OCc4ccccc4)cc(N4CCOCC4)nc23)=NC1. The van der Waals surface area contributed by atoms with E-state index >= 15 is 0 Å². The molecule has 0 spiro atoms. The zero-order chi connectivity index (χ0) is 19.5. The smallest absolute Gasteiger partial charge is 0.133 e. The molecule has 2 aromatic heterocycles. The summed E-state index contributed by atoms with van der Waals surface area (Å²) in [6, 6.07) is 14.2. The first kappa shape index (κ1) is 17.8. The quantitative estimate of drug-likeness (QED) is 0.673. The van der Waals surface area contributed by atoms with Crippen LogP contribution >= 0.6 is 0 Å². The summed E-state index contributed by atoms with van der Waals surface area (Å²) in [6.07, 6.45) is 5.85. The van der Waals surface area contributed by atoms with E-state index in [1.54, 1.807) is 6.20 Å². The van der Waals surface area contributed by atoms with Crippen LogP contribution in [0.3, 0.4) is 0 Å². The van der Waals surface area contributed by atoms with Gasteiger partial charge in [0.25, 0.3) is 0 Å². The van der Waals surface area contributed by atoms with Crippen LogP contribution in [-0.4, -0.2) is 48.5 Å². The van der Waals surface area contributed by atoms with Crippen molar-refractivity contribution in [1.82, 2.24) is 9.97 Å². The number of fused-ring (bicyclic) bond motifs is 1. The van der Waals surface area contributed by atoms with Gasteiger partial charge in [-0.15, -0.1) is 0 Å². The number of morpholine rings is 1. The van der Waals surface area contributed by atoms with Crippen LogP contribution in [0.4, 0.5) is 5.82 Å². The summed E-state index contributed by atoms with van der Waals surface area (Å²) in [5.41, 5.74) is 3.62. The lowest BCUT2D eigenvalue weighted by Gasteiger charge is -2.28. The largest absolute Gasteiger partial charge is 0.488 e. The lowest BCUT2D eigenvalue weighted by molar-refractivity contribution is 0.122. The first-order valence-corrected chi connectivity index (χ1v) is 9.89. The minimum Gasteiger partial charge on any atom is -0.488 e. The highest BCUT2D eigenvalue weighted by molar-refractivity contribution is 6.15. The number of ether oxygens (including phenoxy) is 2. The van der Waals surface area contributed by atoms with Gasteiger partial charge in [-0.3, -0.25) is 9.98 Å². The van der Waals surface area contributed by atoms with Gasteiger partial charge in [-0.05, 0) is 17.7 Å². The zero-order valence-electron chi connectivity index (χ0n) is 16.1. The van der Waals surface area contributed by atoms with E-state index in [9.17, 15) is 0 Å². The van der Waals surface area contributed by atoms with E-state index in [2.05, 4.69) is 27.0 Å². The summed E-state index contributed by atoms with van der Waals surface area (Å²) in [6.45, 7) is 4.22. The summed E-state index contributed by atoms with van der Waals surface area (Å²) in [5, 5.41) is 0.950. The Balaban J connectivity index is 1.59. The monoisotopic (exact) mass is 386 g/mol. The van der Waals surface area contributed by atoms with Crippen molar-refractivity contribution >= 4 is 22.4 Å². The van der Waals surface area contributed by atoms with E-state index in [0.29, 0.717) is 26.4 Å². The number of aliphatic imine (C=N–C) groups is 1. The van der Waals surface area contributed by atoms with Gasteiger partial charge in [0.05, 0.1) is 25.5 Å². The third kappa shape index (κ3) is 3.71. The van der Waals surface area contributed by atoms with E-state index in [1.165, 1.54) is 0 Å². The summed E-state index contributed by atoms with van der Waals surface area (Å²) >= 11 is 0. The third-order valence-corrected chi connectivity index (χ3v) is 5.13. The van der Waals surface area contributed by atoms with Crippen molar-refractivity contribution in [2.75, 3.05) is 37.7 Å².